The lowest BCUT2D eigenvalue weighted by molar-refractivity contribution is 0.102. The molecule has 8 heteroatoms. The molecule has 0 unspecified atom stereocenters. The van der Waals surface area contributed by atoms with E-state index < -0.39 is 11.5 Å². The van der Waals surface area contributed by atoms with Gasteiger partial charge in [0.1, 0.15) is 5.82 Å². The molecule has 0 aliphatic carbocycles. The van der Waals surface area contributed by atoms with Crippen molar-refractivity contribution in [3.8, 4) is 5.88 Å². The van der Waals surface area contributed by atoms with Crippen LogP contribution in [0.25, 0.3) is 0 Å². The van der Waals surface area contributed by atoms with Crippen LogP contribution < -0.4 is 10.9 Å². The van der Waals surface area contributed by atoms with Gasteiger partial charge in [-0.2, -0.15) is 4.98 Å². The largest absolute Gasteiger partial charge is 0.494 e. The van der Waals surface area contributed by atoms with Crippen molar-refractivity contribution in [3.63, 3.8) is 0 Å². The zero-order valence-corrected chi connectivity index (χ0v) is 8.81. The van der Waals surface area contributed by atoms with E-state index in [2.05, 4.69) is 25.5 Å². The average Bonchev–Trinajstić information content (AvgIpc) is 2.62. The highest BCUT2D eigenvalue weighted by Gasteiger charge is 2.10. The molecule has 2 heterocycles. The number of carbonyl (C=O) groups is 1. The molecule has 0 radical (unpaired) electrons. The van der Waals surface area contributed by atoms with Crippen LogP contribution in [0, 0.1) is 6.92 Å². The number of aromatic amines is 2. The molecule has 2 aromatic heterocycles. The van der Waals surface area contributed by atoms with Crippen LogP contribution in [0.1, 0.15) is 16.2 Å². The number of H-pyrrole nitrogens is 2. The van der Waals surface area contributed by atoms with Crippen LogP contribution in [-0.2, 0) is 0 Å². The lowest BCUT2D eigenvalue weighted by Gasteiger charge is -2.00. The summed E-state index contributed by atoms with van der Waals surface area (Å²) in [6, 6.07) is 2.20. The third-order valence-corrected chi connectivity index (χ3v) is 1.91. The molecule has 0 bridgehead atoms. The Morgan fingerprint density at radius 3 is 2.82 bits per heavy atom. The maximum atomic E-state index is 11.7. The summed E-state index contributed by atoms with van der Waals surface area (Å²) in [4.78, 5) is 28.7. The maximum absolute atomic E-state index is 11.7. The van der Waals surface area contributed by atoms with Crippen molar-refractivity contribution in [1.82, 2.24) is 20.2 Å². The molecule has 8 nitrogen and oxygen atoms in total. The number of amides is 1. The first kappa shape index (κ1) is 10.9. The third kappa shape index (κ3) is 2.48. The summed E-state index contributed by atoms with van der Waals surface area (Å²) in [7, 11) is 0. The van der Waals surface area contributed by atoms with Crippen molar-refractivity contribution < 1.29 is 9.90 Å². The van der Waals surface area contributed by atoms with Gasteiger partial charge in [-0.3, -0.25) is 25.0 Å². The zero-order chi connectivity index (χ0) is 12.4. The van der Waals surface area contributed by atoms with Crippen molar-refractivity contribution >= 4 is 11.9 Å². The van der Waals surface area contributed by atoms with Crippen LogP contribution in [0.3, 0.4) is 0 Å². The number of pyridine rings is 1. The third-order valence-electron chi connectivity index (χ3n) is 1.91. The molecule has 17 heavy (non-hydrogen) atoms. The van der Waals surface area contributed by atoms with Crippen molar-refractivity contribution in [2.24, 2.45) is 0 Å². The van der Waals surface area contributed by atoms with Gasteiger partial charge in [-0.1, -0.05) is 0 Å². The Morgan fingerprint density at radius 2 is 2.24 bits per heavy atom. The lowest BCUT2D eigenvalue weighted by atomic mass is 10.2. The second-order valence-corrected chi connectivity index (χ2v) is 3.32. The fraction of sp³-hybridized carbons (Fsp3) is 0.111. The highest BCUT2D eigenvalue weighted by Crippen LogP contribution is 2.06. The first-order valence-corrected chi connectivity index (χ1v) is 4.68. The summed E-state index contributed by atoms with van der Waals surface area (Å²) in [6.07, 6.45) is 0. The summed E-state index contributed by atoms with van der Waals surface area (Å²) in [6.45, 7) is 1.68. The van der Waals surface area contributed by atoms with Gasteiger partial charge in [0.15, 0.2) is 5.88 Å². The molecule has 0 aromatic carbocycles. The van der Waals surface area contributed by atoms with Gasteiger partial charge in [0.05, 0.1) is 5.56 Å². The number of anilines is 1. The Labute approximate surface area is 94.7 Å². The van der Waals surface area contributed by atoms with E-state index in [0.29, 0.717) is 5.82 Å². The summed E-state index contributed by atoms with van der Waals surface area (Å²) < 4.78 is 0. The van der Waals surface area contributed by atoms with Crippen LogP contribution in [-0.4, -0.2) is 31.2 Å². The highest BCUT2D eigenvalue weighted by atomic mass is 16.3. The molecule has 0 fully saturated rings. The topological polar surface area (TPSA) is 124 Å². The van der Waals surface area contributed by atoms with Gasteiger partial charge in [0.25, 0.3) is 11.5 Å². The lowest BCUT2D eigenvalue weighted by Crippen LogP contribution is -2.16. The fourth-order valence-corrected chi connectivity index (χ4v) is 1.23. The molecule has 4 N–H and O–H groups in total. The molecule has 0 atom stereocenters. The van der Waals surface area contributed by atoms with Crippen molar-refractivity contribution in [2.75, 3.05) is 5.32 Å². The molecule has 0 aliphatic rings. The number of rotatable bonds is 2. The van der Waals surface area contributed by atoms with Gasteiger partial charge in [-0.15, -0.1) is 5.10 Å². The molecule has 2 rings (SSSR count). The molecule has 0 saturated carbocycles. The van der Waals surface area contributed by atoms with Gasteiger partial charge in [-0.25, -0.2) is 0 Å². The smallest absolute Gasteiger partial charge is 0.258 e. The van der Waals surface area contributed by atoms with Crippen molar-refractivity contribution in [3.05, 3.63) is 33.9 Å². The minimum atomic E-state index is -0.578. The quantitative estimate of drug-likeness (QED) is 0.571. The SMILES string of the molecule is Cc1nc(NC(=O)c2cc(O)[nH]c(=O)c2)n[nH]1. The van der Waals surface area contributed by atoms with Gasteiger partial charge >= 0.3 is 0 Å². The number of aryl methyl sites for hydroxylation is 1. The van der Waals surface area contributed by atoms with Crippen molar-refractivity contribution in [2.45, 2.75) is 6.92 Å². The fourth-order valence-electron chi connectivity index (χ4n) is 1.23. The van der Waals surface area contributed by atoms with E-state index >= 15 is 0 Å². The molecule has 1 amide bonds. The molecule has 2 aromatic rings. The minimum Gasteiger partial charge on any atom is -0.494 e. The average molecular weight is 235 g/mol. The Bertz CT molecular complexity index is 615. The van der Waals surface area contributed by atoms with Crippen LogP contribution in [0.2, 0.25) is 0 Å². The number of nitrogens with zero attached hydrogens (tertiary/aromatic N) is 2. The monoisotopic (exact) mass is 235 g/mol. The molecule has 88 valence electrons. The molecule has 0 saturated heterocycles. The normalized spacial score (nSPS) is 10.2. The Morgan fingerprint density at radius 1 is 1.47 bits per heavy atom. The number of hydrogen-bond acceptors (Lipinski definition) is 5. The van der Waals surface area contributed by atoms with Gasteiger partial charge in [0.2, 0.25) is 5.95 Å². The molecule has 0 aliphatic heterocycles. The van der Waals surface area contributed by atoms with E-state index in [0.717, 1.165) is 12.1 Å². The predicted molar refractivity (Wildman–Crippen MR) is 57.8 cm³/mol. The Hall–Kier alpha value is -2.64. The van der Waals surface area contributed by atoms with Gasteiger partial charge < -0.3 is 5.11 Å². The van der Waals surface area contributed by atoms with E-state index in [1.165, 1.54) is 0 Å². The summed E-state index contributed by atoms with van der Waals surface area (Å²) in [5.41, 5.74) is -0.546. The second kappa shape index (κ2) is 4.08. The van der Waals surface area contributed by atoms with E-state index in [9.17, 15) is 9.59 Å². The van der Waals surface area contributed by atoms with Crippen molar-refractivity contribution in [1.29, 1.82) is 0 Å². The van der Waals surface area contributed by atoms with E-state index in [4.69, 9.17) is 5.11 Å². The number of hydrogen-bond donors (Lipinski definition) is 4. The van der Waals surface area contributed by atoms with E-state index in [1.54, 1.807) is 6.92 Å². The van der Waals surface area contributed by atoms with Crippen LogP contribution in [0.4, 0.5) is 5.95 Å². The number of carbonyl (C=O) groups excluding carboxylic acids is 1. The number of aromatic hydroxyl groups is 1. The van der Waals surface area contributed by atoms with E-state index in [-0.39, 0.29) is 17.4 Å². The molecular formula is C9H9N5O3. The summed E-state index contributed by atoms with van der Waals surface area (Å²) >= 11 is 0. The first-order chi connectivity index (χ1) is 8.04. The van der Waals surface area contributed by atoms with Crippen LogP contribution in [0.15, 0.2) is 16.9 Å². The zero-order valence-electron chi connectivity index (χ0n) is 8.81. The first-order valence-electron chi connectivity index (χ1n) is 4.68. The summed E-state index contributed by atoms with van der Waals surface area (Å²) in [5.74, 6) is -0.305. The van der Waals surface area contributed by atoms with E-state index in [1.807, 2.05) is 0 Å². The van der Waals surface area contributed by atoms with Gasteiger partial charge in [-0.05, 0) is 6.92 Å². The standard InChI is InChI=1S/C9H9N5O3/c1-4-10-9(14-13-4)12-8(17)5-2-6(15)11-7(16)3-5/h2-3H,1H3,(H2,11,15,16)(H2,10,12,13,14,17). The Balaban J connectivity index is 2.22. The number of nitrogens with one attached hydrogen (secondary N) is 3. The number of aromatic nitrogens is 4. The Kier molecular flexibility index (Phi) is 2.61. The van der Waals surface area contributed by atoms with Crippen LogP contribution in [0.5, 0.6) is 5.88 Å². The summed E-state index contributed by atoms with van der Waals surface area (Å²) in [5, 5.41) is 17.8. The maximum Gasteiger partial charge on any atom is 0.258 e. The van der Waals surface area contributed by atoms with Gasteiger partial charge in [0, 0.05) is 12.1 Å². The highest BCUT2D eigenvalue weighted by molar-refractivity contribution is 6.03. The van der Waals surface area contributed by atoms with Crippen LogP contribution >= 0.6 is 0 Å². The molecular weight excluding hydrogens is 226 g/mol. The predicted octanol–water partition coefficient (Wildman–Crippen LogP) is -0.241. The molecule has 0 spiro atoms. The second-order valence-electron chi connectivity index (χ2n) is 3.32. The minimum absolute atomic E-state index is 0.0219.